The number of carbonyl (C=O) groups is 1. The molecule has 0 spiro atoms. The van der Waals surface area contributed by atoms with E-state index in [9.17, 15) is 36.0 Å². The van der Waals surface area contributed by atoms with Gasteiger partial charge in [0.1, 0.15) is 0 Å². The SMILES string of the molecule is CCS(=O)(=O)c1ccc(Cl)cc1Nn1c(=O)[nH]c2c(Cl)c(CN3CCN(C(=O)O)CC3)c(C(F)(F)F)cc2c1=O. The number of nitrogens with one attached hydrogen (secondary N) is 2. The third kappa shape index (κ3) is 5.77. The maximum Gasteiger partial charge on any atom is 0.416 e. The highest BCUT2D eigenvalue weighted by Gasteiger charge is 2.37. The summed E-state index contributed by atoms with van der Waals surface area (Å²) in [6.45, 7) is 1.50. The van der Waals surface area contributed by atoms with Crippen LogP contribution >= 0.6 is 23.2 Å². The second kappa shape index (κ2) is 11.0. The molecule has 40 heavy (non-hydrogen) atoms. The molecule has 1 aromatic heterocycles. The Morgan fingerprint density at radius 2 is 1.77 bits per heavy atom. The van der Waals surface area contributed by atoms with Gasteiger partial charge in [-0.3, -0.25) is 15.1 Å². The van der Waals surface area contributed by atoms with Gasteiger partial charge in [-0.2, -0.15) is 17.8 Å². The van der Waals surface area contributed by atoms with E-state index in [0.717, 1.165) is 11.0 Å². The molecule has 0 saturated carbocycles. The number of benzene rings is 2. The second-order valence-electron chi connectivity index (χ2n) is 8.91. The average Bonchev–Trinajstić information content (AvgIpc) is 2.88. The van der Waals surface area contributed by atoms with Gasteiger partial charge in [-0.05, 0) is 29.8 Å². The number of H-pyrrole nitrogens is 1. The van der Waals surface area contributed by atoms with Crippen molar-refractivity contribution in [2.75, 3.05) is 37.4 Å². The lowest BCUT2D eigenvalue weighted by Crippen LogP contribution is -2.48. The van der Waals surface area contributed by atoms with Gasteiger partial charge in [-0.15, -0.1) is 0 Å². The fraction of sp³-hybridized carbons (Fsp3) is 0.348. The van der Waals surface area contributed by atoms with Gasteiger partial charge in [0.15, 0.2) is 9.84 Å². The Hall–Kier alpha value is -3.27. The van der Waals surface area contributed by atoms with E-state index in [2.05, 4.69) is 10.4 Å². The van der Waals surface area contributed by atoms with Crippen LogP contribution in [0.3, 0.4) is 0 Å². The minimum atomic E-state index is -4.94. The molecular weight excluding hydrogens is 602 g/mol. The zero-order valence-electron chi connectivity index (χ0n) is 20.7. The predicted octanol–water partition coefficient (Wildman–Crippen LogP) is 3.48. The molecule has 2 aromatic carbocycles. The van der Waals surface area contributed by atoms with Gasteiger partial charge in [0, 0.05) is 37.7 Å². The molecule has 0 atom stereocenters. The van der Waals surface area contributed by atoms with E-state index in [1.807, 2.05) is 0 Å². The molecule has 0 bridgehead atoms. The molecule has 1 saturated heterocycles. The first-order valence-corrected chi connectivity index (χ1v) is 14.1. The maximum atomic E-state index is 14.2. The minimum absolute atomic E-state index is 0.0686. The van der Waals surface area contributed by atoms with Crippen molar-refractivity contribution in [2.24, 2.45) is 0 Å². The van der Waals surface area contributed by atoms with Crippen molar-refractivity contribution in [1.82, 2.24) is 19.5 Å². The van der Waals surface area contributed by atoms with Crippen molar-refractivity contribution in [3.63, 3.8) is 0 Å². The Labute approximate surface area is 234 Å². The first-order valence-electron chi connectivity index (χ1n) is 11.7. The number of alkyl halides is 3. The van der Waals surface area contributed by atoms with Gasteiger partial charge < -0.3 is 15.0 Å². The highest BCUT2D eigenvalue weighted by atomic mass is 35.5. The van der Waals surface area contributed by atoms with Crippen LogP contribution in [0.25, 0.3) is 10.9 Å². The van der Waals surface area contributed by atoms with Crippen molar-refractivity contribution in [2.45, 2.75) is 24.5 Å². The van der Waals surface area contributed by atoms with Crippen LogP contribution in [-0.4, -0.2) is 71.0 Å². The zero-order chi connectivity index (χ0) is 29.6. The molecule has 2 heterocycles. The molecule has 0 radical (unpaired) electrons. The van der Waals surface area contributed by atoms with Crippen molar-refractivity contribution >= 4 is 55.7 Å². The lowest BCUT2D eigenvalue weighted by Gasteiger charge is -2.33. The summed E-state index contributed by atoms with van der Waals surface area (Å²) in [5, 5.41) is 8.10. The molecule has 1 fully saturated rings. The number of sulfone groups is 1. The average molecular weight is 624 g/mol. The number of aromatic amines is 1. The van der Waals surface area contributed by atoms with Gasteiger partial charge in [0.25, 0.3) is 5.56 Å². The fourth-order valence-electron chi connectivity index (χ4n) is 4.32. The quantitative estimate of drug-likeness (QED) is 0.378. The molecule has 4 rings (SSSR count). The summed E-state index contributed by atoms with van der Waals surface area (Å²) < 4.78 is 67.9. The number of halogens is 5. The molecule has 3 N–H and O–H groups in total. The normalized spacial score (nSPS) is 15.0. The summed E-state index contributed by atoms with van der Waals surface area (Å²) in [6.07, 6.45) is -6.08. The number of nitrogens with zero attached hydrogens (tertiary/aromatic N) is 3. The standard InChI is InChI=1S/C23H22Cl2F3N5O6S/c1-2-40(38,39)17-4-3-12(24)9-16(17)30-33-20(34)13-10-15(23(26,27)28)14(18(25)19(13)29-21(33)35)11-31-5-7-32(8-6-31)22(36)37/h3-4,9-10,30H,2,5-8,11H2,1H3,(H,29,35)(H,36,37). The Bertz CT molecular complexity index is 1720. The Kier molecular flexibility index (Phi) is 8.13. The number of hydrogen-bond acceptors (Lipinski definition) is 7. The van der Waals surface area contributed by atoms with Crippen molar-refractivity contribution in [3.8, 4) is 0 Å². The molecular formula is C23H22Cl2F3N5O6S. The van der Waals surface area contributed by atoms with E-state index in [1.165, 1.54) is 19.1 Å². The molecule has 0 unspecified atom stereocenters. The Morgan fingerprint density at radius 1 is 1.12 bits per heavy atom. The summed E-state index contributed by atoms with van der Waals surface area (Å²) in [5.41, 5.74) is -2.15. The number of carboxylic acid groups (broad SMARTS) is 1. The monoisotopic (exact) mass is 623 g/mol. The Morgan fingerprint density at radius 3 is 2.35 bits per heavy atom. The summed E-state index contributed by atoms with van der Waals surface area (Å²) in [7, 11) is -3.85. The van der Waals surface area contributed by atoms with Crippen LogP contribution < -0.4 is 16.7 Å². The van der Waals surface area contributed by atoms with E-state index in [1.54, 1.807) is 4.90 Å². The number of hydrogen-bond donors (Lipinski definition) is 3. The van der Waals surface area contributed by atoms with Gasteiger partial charge >= 0.3 is 18.0 Å². The van der Waals surface area contributed by atoms with E-state index in [4.69, 9.17) is 28.3 Å². The zero-order valence-corrected chi connectivity index (χ0v) is 23.0. The number of aromatic nitrogens is 2. The van der Waals surface area contributed by atoms with Crippen molar-refractivity contribution < 1.29 is 31.5 Å². The highest BCUT2D eigenvalue weighted by molar-refractivity contribution is 7.91. The van der Waals surface area contributed by atoms with E-state index < -0.39 is 54.9 Å². The van der Waals surface area contributed by atoms with E-state index >= 15 is 0 Å². The smallest absolute Gasteiger partial charge is 0.416 e. The molecule has 17 heteroatoms. The van der Waals surface area contributed by atoms with Crippen molar-refractivity contribution in [3.05, 3.63) is 66.3 Å². The first kappa shape index (κ1) is 29.7. The second-order valence-corrected chi connectivity index (χ2v) is 12.0. The number of anilines is 1. The largest absolute Gasteiger partial charge is 0.465 e. The summed E-state index contributed by atoms with van der Waals surface area (Å²) >= 11 is 12.3. The van der Waals surface area contributed by atoms with Crippen LogP contribution in [0.2, 0.25) is 10.0 Å². The predicted molar refractivity (Wildman–Crippen MR) is 142 cm³/mol. The van der Waals surface area contributed by atoms with Gasteiger partial charge in [-0.25, -0.2) is 18.0 Å². The summed E-state index contributed by atoms with van der Waals surface area (Å²) in [4.78, 5) is 42.1. The van der Waals surface area contributed by atoms with Gasteiger partial charge in [0.05, 0.1) is 37.8 Å². The van der Waals surface area contributed by atoms with Crippen LogP contribution in [-0.2, 0) is 22.6 Å². The molecule has 0 aliphatic carbocycles. The Balaban J connectivity index is 1.83. The molecule has 3 aromatic rings. The lowest BCUT2D eigenvalue weighted by molar-refractivity contribution is -0.138. The van der Waals surface area contributed by atoms with E-state index in [-0.39, 0.29) is 59.6 Å². The molecule has 1 aliphatic rings. The number of fused-ring (bicyclic) bond motifs is 1. The molecule has 11 nitrogen and oxygen atoms in total. The van der Waals surface area contributed by atoms with Crippen LogP contribution in [0.5, 0.6) is 0 Å². The van der Waals surface area contributed by atoms with E-state index in [0.29, 0.717) is 10.7 Å². The topological polar surface area (TPSA) is 145 Å². The highest BCUT2D eigenvalue weighted by Crippen LogP contribution is 2.38. The number of amides is 1. The molecule has 1 aliphatic heterocycles. The van der Waals surface area contributed by atoms with Gasteiger partial charge in [0.2, 0.25) is 0 Å². The van der Waals surface area contributed by atoms with Crippen molar-refractivity contribution in [1.29, 1.82) is 0 Å². The van der Waals surface area contributed by atoms with Crippen LogP contribution in [0, 0.1) is 0 Å². The molecule has 216 valence electrons. The third-order valence-corrected chi connectivity index (χ3v) is 8.89. The van der Waals surface area contributed by atoms with Gasteiger partial charge in [-0.1, -0.05) is 30.1 Å². The van der Waals surface area contributed by atoms with Crippen LogP contribution in [0.1, 0.15) is 18.1 Å². The van der Waals surface area contributed by atoms with Crippen LogP contribution in [0.4, 0.5) is 23.7 Å². The number of piperazine rings is 1. The van der Waals surface area contributed by atoms with Crippen LogP contribution in [0.15, 0.2) is 38.8 Å². The fourth-order valence-corrected chi connectivity index (χ4v) is 5.83. The number of rotatable bonds is 6. The molecule has 1 amide bonds. The maximum absolute atomic E-state index is 14.2. The third-order valence-electron chi connectivity index (χ3n) is 6.45. The lowest BCUT2D eigenvalue weighted by atomic mass is 10.0. The minimum Gasteiger partial charge on any atom is -0.465 e. The summed E-state index contributed by atoms with van der Waals surface area (Å²) in [6, 6.07) is 4.19. The first-order chi connectivity index (χ1) is 18.6. The summed E-state index contributed by atoms with van der Waals surface area (Å²) in [5.74, 6) is -0.315.